The van der Waals surface area contributed by atoms with Crippen LogP contribution in [0.3, 0.4) is 0 Å². The van der Waals surface area contributed by atoms with E-state index in [9.17, 15) is 19.8 Å². The van der Waals surface area contributed by atoms with Crippen molar-refractivity contribution in [1.82, 2.24) is 19.7 Å². The topological polar surface area (TPSA) is 123 Å². The largest absolute Gasteiger partial charge is 0.545 e. The molecule has 0 saturated carbocycles. The first-order chi connectivity index (χ1) is 17.7. The number of carbonyl (C=O) groups excluding carboxylic acids is 2. The third kappa shape index (κ3) is 8.01. The second-order valence-electron chi connectivity index (χ2n) is 8.47. The number of hydrogen-bond donors (Lipinski definition) is 0. The highest BCUT2D eigenvalue weighted by Crippen LogP contribution is 2.30. The fourth-order valence-electron chi connectivity index (χ4n) is 3.45. The van der Waals surface area contributed by atoms with Gasteiger partial charge in [0.15, 0.2) is 5.65 Å². The minimum Gasteiger partial charge on any atom is -0.545 e. The maximum atomic E-state index is 9.41. The highest BCUT2D eigenvalue weighted by molar-refractivity contribution is 5.92. The summed E-state index contributed by atoms with van der Waals surface area (Å²) in [5, 5.41) is 24.8. The summed E-state index contributed by atoms with van der Waals surface area (Å²) in [6, 6.07) is 20.5. The number of aryl methyl sites for hydroxylation is 1. The summed E-state index contributed by atoms with van der Waals surface area (Å²) in [7, 11) is 4.15. The molecule has 0 spiro atoms. The number of pyridine rings is 1. The number of ether oxygens (including phenoxy) is 1. The Labute approximate surface area is 215 Å². The Bertz CT molecular complexity index is 1340. The van der Waals surface area contributed by atoms with Crippen molar-refractivity contribution >= 4 is 23.0 Å². The van der Waals surface area contributed by atoms with Crippen molar-refractivity contribution in [1.29, 1.82) is 0 Å². The van der Waals surface area contributed by atoms with E-state index < -0.39 is 11.9 Å². The molecule has 0 bridgehead atoms. The molecule has 0 saturated heterocycles. The lowest BCUT2D eigenvalue weighted by Crippen LogP contribution is -2.23. The molecule has 0 unspecified atom stereocenters. The van der Waals surface area contributed by atoms with E-state index >= 15 is 0 Å². The SMILES string of the molecule is Cc1ccc(-n2nc(-c3ccc(OCCCN(C)C)cc3)c3cccnc32)cc1.O=C([O-])/C=C\C(=O)[O-]. The number of carbonyl (C=O) groups is 2. The number of hydrogen-bond acceptors (Lipinski definition) is 8. The predicted octanol–water partition coefficient (Wildman–Crippen LogP) is 1.77. The van der Waals surface area contributed by atoms with Gasteiger partial charge in [-0.25, -0.2) is 9.67 Å². The van der Waals surface area contributed by atoms with E-state index in [1.807, 2.05) is 29.1 Å². The molecule has 0 aliphatic rings. The molecule has 2 aromatic heterocycles. The van der Waals surface area contributed by atoms with E-state index in [4.69, 9.17) is 9.84 Å². The average Bonchev–Trinajstić information content (AvgIpc) is 3.26. The van der Waals surface area contributed by atoms with Gasteiger partial charge in [-0.1, -0.05) is 17.7 Å². The van der Waals surface area contributed by atoms with Gasteiger partial charge in [0.2, 0.25) is 0 Å². The van der Waals surface area contributed by atoms with Crippen molar-refractivity contribution in [3.05, 3.63) is 84.6 Å². The number of carboxylic acid groups (broad SMARTS) is 2. The number of aliphatic carboxylic acids is 2. The molecule has 0 amide bonds. The maximum absolute atomic E-state index is 9.41. The van der Waals surface area contributed by atoms with Gasteiger partial charge < -0.3 is 29.4 Å². The van der Waals surface area contributed by atoms with E-state index in [1.165, 1.54) is 5.56 Å². The third-order valence-electron chi connectivity index (χ3n) is 5.22. The molecule has 9 heteroatoms. The zero-order chi connectivity index (χ0) is 26.8. The fourth-order valence-corrected chi connectivity index (χ4v) is 3.45. The molecule has 0 atom stereocenters. The van der Waals surface area contributed by atoms with Crippen LogP contribution in [-0.4, -0.2) is 58.8 Å². The molecule has 0 radical (unpaired) electrons. The lowest BCUT2D eigenvalue weighted by molar-refractivity contribution is -0.301. The standard InChI is InChI=1S/C24H26N4O.C4H4O4/c1-18-7-11-20(12-8-18)28-24-22(6-4-15-25-24)23(26-28)19-9-13-21(14-10-19)29-17-5-16-27(2)3;5-3(6)1-2-4(7)8/h4,6-15H,5,16-17H2,1-3H3;1-2H,(H,5,6)(H,7,8)/p-2/b;2-1-. The zero-order valence-electron chi connectivity index (χ0n) is 21.0. The number of rotatable bonds is 9. The highest BCUT2D eigenvalue weighted by Gasteiger charge is 2.14. The minimum atomic E-state index is -1.55. The van der Waals surface area contributed by atoms with Crippen LogP contribution in [0.5, 0.6) is 5.75 Å². The second kappa shape index (κ2) is 13.0. The van der Waals surface area contributed by atoms with Crippen LogP contribution in [0.25, 0.3) is 28.0 Å². The van der Waals surface area contributed by atoms with Crippen LogP contribution in [0, 0.1) is 6.92 Å². The van der Waals surface area contributed by atoms with Gasteiger partial charge in [-0.3, -0.25) is 0 Å². The van der Waals surface area contributed by atoms with Crippen molar-refractivity contribution in [3.63, 3.8) is 0 Å². The minimum absolute atomic E-state index is 0.384. The van der Waals surface area contributed by atoms with Gasteiger partial charge in [-0.15, -0.1) is 0 Å². The van der Waals surface area contributed by atoms with Crippen molar-refractivity contribution in [2.24, 2.45) is 0 Å². The van der Waals surface area contributed by atoms with E-state index in [0.717, 1.165) is 46.7 Å². The van der Waals surface area contributed by atoms with Crippen molar-refractivity contribution in [2.75, 3.05) is 27.2 Å². The molecule has 2 heterocycles. The molecule has 0 aliphatic carbocycles. The Balaban J connectivity index is 0.000000414. The molecule has 4 rings (SSSR count). The lowest BCUT2D eigenvalue weighted by Gasteiger charge is -2.10. The van der Waals surface area contributed by atoms with Crippen LogP contribution < -0.4 is 14.9 Å². The number of aromatic nitrogens is 3. The predicted molar refractivity (Wildman–Crippen MR) is 137 cm³/mol. The Morgan fingerprint density at radius 2 is 1.62 bits per heavy atom. The highest BCUT2D eigenvalue weighted by atomic mass is 16.5. The number of benzene rings is 2. The average molecular weight is 501 g/mol. The van der Waals surface area contributed by atoms with E-state index in [2.05, 4.69) is 73.4 Å². The molecule has 0 aliphatic heterocycles. The molecule has 2 aromatic carbocycles. The summed E-state index contributed by atoms with van der Waals surface area (Å²) in [6.45, 7) is 3.82. The van der Waals surface area contributed by atoms with E-state index in [1.54, 1.807) is 0 Å². The molecular weight excluding hydrogens is 472 g/mol. The van der Waals surface area contributed by atoms with E-state index in [0.29, 0.717) is 18.8 Å². The van der Waals surface area contributed by atoms with Crippen LogP contribution >= 0.6 is 0 Å². The zero-order valence-corrected chi connectivity index (χ0v) is 21.0. The smallest absolute Gasteiger partial charge is 0.163 e. The van der Waals surface area contributed by atoms with Gasteiger partial charge in [0.25, 0.3) is 0 Å². The van der Waals surface area contributed by atoms with Gasteiger partial charge in [0.05, 0.1) is 24.2 Å². The first kappa shape index (κ1) is 27.1. The van der Waals surface area contributed by atoms with Gasteiger partial charge in [-0.2, -0.15) is 5.10 Å². The van der Waals surface area contributed by atoms with Gasteiger partial charge >= 0.3 is 0 Å². The summed E-state index contributed by atoms with van der Waals surface area (Å²) in [5.41, 5.74) is 5.06. The lowest BCUT2D eigenvalue weighted by atomic mass is 10.1. The summed E-state index contributed by atoms with van der Waals surface area (Å²) in [6.07, 6.45) is 3.58. The van der Waals surface area contributed by atoms with Crippen LogP contribution in [0.1, 0.15) is 12.0 Å². The van der Waals surface area contributed by atoms with Crippen molar-refractivity contribution < 1.29 is 24.5 Å². The van der Waals surface area contributed by atoms with Crippen molar-refractivity contribution in [3.8, 4) is 22.7 Å². The first-order valence-corrected chi connectivity index (χ1v) is 11.6. The molecule has 0 fully saturated rings. The number of carboxylic acids is 2. The Kier molecular flexibility index (Phi) is 9.51. The number of nitrogens with zero attached hydrogens (tertiary/aromatic N) is 4. The van der Waals surface area contributed by atoms with Crippen LogP contribution in [-0.2, 0) is 9.59 Å². The number of fused-ring (bicyclic) bond motifs is 1. The summed E-state index contributed by atoms with van der Waals surface area (Å²) < 4.78 is 7.77. The second-order valence-corrected chi connectivity index (χ2v) is 8.47. The Hall–Kier alpha value is -4.50. The van der Waals surface area contributed by atoms with Crippen molar-refractivity contribution in [2.45, 2.75) is 13.3 Å². The maximum Gasteiger partial charge on any atom is 0.163 e. The van der Waals surface area contributed by atoms with Gasteiger partial charge in [0, 0.05) is 23.7 Å². The quantitative estimate of drug-likeness (QED) is 0.252. The summed E-state index contributed by atoms with van der Waals surface area (Å²) >= 11 is 0. The Morgan fingerprint density at radius 1 is 0.973 bits per heavy atom. The van der Waals surface area contributed by atoms with Crippen LogP contribution in [0.2, 0.25) is 0 Å². The molecule has 37 heavy (non-hydrogen) atoms. The third-order valence-corrected chi connectivity index (χ3v) is 5.22. The van der Waals surface area contributed by atoms with E-state index in [-0.39, 0.29) is 0 Å². The molecule has 9 nitrogen and oxygen atoms in total. The summed E-state index contributed by atoms with van der Waals surface area (Å²) in [4.78, 5) is 25.6. The fraction of sp³-hybridized carbons (Fsp3) is 0.214. The Morgan fingerprint density at radius 3 is 2.22 bits per heavy atom. The first-order valence-electron chi connectivity index (χ1n) is 11.6. The normalized spacial score (nSPS) is 10.9. The molecule has 0 N–H and O–H groups in total. The summed E-state index contributed by atoms with van der Waals surface area (Å²) in [5.74, 6) is -2.21. The molecular formula is C28H28N4O5-2. The molecule has 192 valence electrons. The van der Waals surface area contributed by atoms with Crippen LogP contribution in [0.4, 0.5) is 0 Å². The van der Waals surface area contributed by atoms with Gasteiger partial charge in [0.1, 0.15) is 11.4 Å². The molecule has 4 aromatic rings. The van der Waals surface area contributed by atoms with Crippen LogP contribution in [0.15, 0.2) is 79.0 Å². The monoisotopic (exact) mass is 500 g/mol. The van der Waals surface area contributed by atoms with Gasteiger partial charge in [-0.05, 0) is 88.1 Å².